The normalized spacial score (nSPS) is 12.3. The van der Waals surface area contributed by atoms with Gasteiger partial charge in [0, 0.05) is 33.8 Å². The lowest BCUT2D eigenvalue weighted by Crippen LogP contribution is -2.30. The van der Waals surface area contributed by atoms with Gasteiger partial charge in [0.1, 0.15) is 5.69 Å². The summed E-state index contributed by atoms with van der Waals surface area (Å²) in [5.41, 5.74) is 0.850. The van der Waals surface area contributed by atoms with Crippen molar-refractivity contribution >= 4 is 28.1 Å². The predicted molar refractivity (Wildman–Crippen MR) is 94.1 cm³/mol. The first-order valence-corrected chi connectivity index (χ1v) is 8.24. The van der Waals surface area contributed by atoms with Crippen LogP contribution in [-0.2, 0) is 0 Å². The first-order valence-electron chi connectivity index (χ1n) is 7.43. The number of hydrogen-bond acceptors (Lipinski definition) is 3. The molecule has 0 saturated carbocycles. The van der Waals surface area contributed by atoms with Crippen molar-refractivity contribution in [3.8, 4) is 0 Å². The van der Waals surface area contributed by atoms with Crippen LogP contribution in [0.5, 0.6) is 0 Å². The zero-order valence-electron chi connectivity index (χ0n) is 13.3. The highest BCUT2D eigenvalue weighted by Gasteiger charge is 2.21. The van der Waals surface area contributed by atoms with Crippen LogP contribution in [-0.4, -0.2) is 22.8 Å². The van der Waals surface area contributed by atoms with Crippen LogP contribution in [0.1, 0.15) is 33.2 Å². The molecule has 23 heavy (non-hydrogen) atoms. The minimum absolute atomic E-state index is 0.0452. The minimum Gasteiger partial charge on any atom is -0.350 e. The molecule has 0 aliphatic carbocycles. The van der Waals surface area contributed by atoms with Crippen LogP contribution in [0.2, 0.25) is 0 Å². The van der Waals surface area contributed by atoms with Gasteiger partial charge in [0.05, 0.1) is 6.04 Å². The highest BCUT2D eigenvalue weighted by Crippen LogP contribution is 2.27. The number of H-pyrrole nitrogens is 1. The van der Waals surface area contributed by atoms with Gasteiger partial charge in [-0.15, -0.1) is 11.3 Å². The molecule has 1 atom stereocenters. The second-order valence-corrected chi connectivity index (χ2v) is 6.95. The Kier molecular flexibility index (Phi) is 4.05. The Bertz CT molecular complexity index is 926. The van der Waals surface area contributed by atoms with Crippen molar-refractivity contribution in [1.29, 1.82) is 0 Å². The van der Waals surface area contributed by atoms with Crippen LogP contribution < -0.4 is 5.43 Å². The number of carbonyl (C=O) groups excluding carboxylic acids is 1. The minimum atomic E-state index is -0.189. The van der Waals surface area contributed by atoms with Crippen molar-refractivity contribution in [1.82, 2.24) is 9.88 Å². The smallest absolute Gasteiger partial charge is 0.270 e. The lowest BCUT2D eigenvalue weighted by molar-refractivity contribution is 0.0739. The quantitative estimate of drug-likeness (QED) is 0.797. The van der Waals surface area contributed by atoms with Gasteiger partial charge in [-0.25, -0.2) is 0 Å². The second kappa shape index (κ2) is 6.01. The molecule has 0 bridgehead atoms. The van der Waals surface area contributed by atoms with Gasteiger partial charge in [-0.2, -0.15) is 0 Å². The Morgan fingerprint density at radius 1 is 1.22 bits per heavy atom. The summed E-state index contributed by atoms with van der Waals surface area (Å²) >= 11 is 1.68. The summed E-state index contributed by atoms with van der Waals surface area (Å²) in [5.74, 6) is -0.189. The molecule has 0 radical (unpaired) electrons. The Hall–Kier alpha value is -2.40. The number of amides is 1. The number of hydrogen-bond donors (Lipinski definition) is 1. The summed E-state index contributed by atoms with van der Waals surface area (Å²) in [4.78, 5) is 32.0. The highest BCUT2D eigenvalue weighted by atomic mass is 32.1. The lowest BCUT2D eigenvalue weighted by Gasteiger charge is -2.24. The van der Waals surface area contributed by atoms with Crippen LogP contribution in [0.3, 0.4) is 0 Å². The van der Waals surface area contributed by atoms with E-state index in [1.165, 1.54) is 10.9 Å². The molecule has 0 spiro atoms. The highest BCUT2D eigenvalue weighted by molar-refractivity contribution is 7.12. The lowest BCUT2D eigenvalue weighted by atomic mass is 10.1. The molecule has 5 heteroatoms. The van der Waals surface area contributed by atoms with E-state index in [1.54, 1.807) is 35.4 Å². The number of nitrogens with one attached hydrogen (secondary N) is 1. The largest absolute Gasteiger partial charge is 0.350 e. The summed E-state index contributed by atoms with van der Waals surface area (Å²) in [7, 11) is 1.76. The molecule has 0 fully saturated rings. The third kappa shape index (κ3) is 2.92. The maximum atomic E-state index is 12.7. The number of fused-ring (bicyclic) bond motifs is 1. The van der Waals surface area contributed by atoms with Gasteiger partial charge in [-0.05, 0) is 38.1 Å². The maximum absolute atomic E-state index is 12.7. The Morgan fingerprint density at radius 3 is 2.65 bits per heavy atom. The molecule has 2 aromatic heterocycles. The molecule has 2 heterocycles. The standard InChI is InChI=1S/C18H18N2O2S/c1-11-8-9-17(23-11)12(2)20(3)18(22)15-10-16(21)13-6-4-5-7-14(13)19-15/h4-10,12H,1-3H3,(H,19,21)/t12-/m1/s1. The average Bonchev–Trinajstić information content (AvgIpc) is 2.99. The predicted octanol–water partition coefficient (Wildman–Crippen LogP) is 3.73. The topological polar surface area (TPSA) is 53.2 Å². The molecule has 118 valence electrons. The monoisotopic (exact) mass is 326 g/mol. The van der Waals surface area contributed by atoms with E-state index in [1.807, 2.05) is 38.1 Å². The first kappa shape index (κ1) is 15.5. The third-order valence-corrected chi connectivity index (χ3v) is 5.21. The molecule has 1 N–H and O–H groups in total. The fourth-order valence-corrected chi connectivity index (χ4v) is 3.52. The second-order valence-electron chi connectivity index (χ2n) is 5.63. The van der Waals surface area contributed by atoms with E-state index in [0.29, 0.717) is 16.6 Å². The fraction of sp³-hybridized carbons (Fsp3) is 0.222. The number of nitrogens with zero attached hydrogens (tertiary/aromatic N) is 1. The molecule has 0 aliphatic rings. The molecule has 3 aromatic rings. The van der Waals surface area contributed by atoms with E-state index in [4.69, 9.17) is 0 Å². The SMILES string of the molecule is Cc1ccc([C@@H](C)N(C)C(=O)c2cc(=O)c3ccccc3[nH]2)s1. The summed E-state index contributed by atoms with van der Waals surface area (Å²) in [6.45, 7) is 4.03. The number of thiophene rings is 1. The fourth-order valence-electron chi connectivity index (χ4n) is 2.55. The Balaban J connectivity index is 1.95. The van der Waals surface area contributed by atoms with Gasteiger partial charge >= 0.3 is 0 Å². The summed E-state index contributed by atoms with van der Waals surface area (Å²) in [6, 6.07) is 12.6. The number of carbonyl (C=O) groups is 1. The number of para-hydroxylation sites is 1. The molecular weight excluding hydrogens is 308 g/mol. The molecule has 1 aromatic carbocycles. The average molecular weight is 326 g/mol. The van der Waals surface area contributed by atoms with E-state index in [2.05, 4.69) is 4.98 Å². The summed E-state index contributed by atoms with van der Waals surface area (Å²) in [6.07, 6.45) is 0. The number of aromatic amines is 1. The van der Waals surface area contributed by atoms with E-state index in [9.17, 15) is 9.59 Å². The van der Waals surface area contributed by atoms with Crippen LogP contribution in [0.25, 0.3) is 10.9 Å². The summed E-state index contributed by atoms with van der Waals surface area (Å²) in [5, 5.41) is 0.591. The first-order chi connectivity index (χ1) is 11.0. The van der Waals surface area contributed by atoms with Gasteiger partial charge in [0.15, 0.2) is 5.43 Å². The van der Waals surface area contributed by atoms with E-state index >= 15 is 0 Å². The van der Waals surface area contributed by atoms with Crippen LogP contribution in [0.15, 0.2) is 47.3 Å². The molecule has 0 saturated heterocycles. The molecule has 1 amide bonds. The van der Waals surface area contributed by atoms with Crippen LogP contribution >= 0.6 is 11.3 Å². The molecule has 3 rings (SSSR count). The van der Waals surface area contributed by atoms with E-state index < -0.39 is 0 Å². The molecule has 0 aliphatic heterocycles. The molecule has 0 unspecified atom stereocenters. The van der Waals surface area contributed by atoms with Gasteiger partial charge in [-0.3, -0.25) is 9.59 Å². The van der Waals surface area contributed by atoms with Crippen molar-refractivity contribution in [2.75, 3.05) is 7.05 Å². The van der Waals surface area contributed by atoms with E-state index in [0.717, 1.165) is 4.88 Å². The molecular formula is C18H18N2O2S. The number of aryl methyl sites for hydroxylation is 1. The van der Waals surface area contributed by atoms with Gasteiger partial charge in [0.25, 0.3) is 5.91 Å². The van der Waals surface area contributed by atoms with Gasteiger partial charge in [-0.1, -0.05) is 12.1 Å². The number of pyridine rings is 1. The van der Waals surface area contributed by atoms with Crippen molar-refractivity contribution in [2.45, 2.75) is 19.9 Å². The Labute approximate surface area is 138 Å². The summed E-state index contributed by atoms with van der Waals surface area (Å²) < 4.78 is 0. The van der Waals surface area contributed by atoms with Crippen LogP contribution in [0.4, 0.5) is 0 Å². The van der Waals surface area contributed by atoms with Crippen molar-refractivity contribution < 1.29 is 4.79 Å². The zero-order valence-corrected chi connectivity index (χ0v) is 14.1. The van der Waals surface area contributed by atoms with Crippen LogP contribution in [0, 0.1) is 6.92 Å². The number of aromatic nitrogens is 1. The van der Waals surface area contributed by atoms with Gasteiger partial charge < -0.3 is 9.88 Å². The number of rotatable bonds is 3. The van der Waals surface area contributed by atoms with Crippen molar-refractivity contribution in [3.05, 3.63) is 68.1 Å². The van der Waals surface area contributed by atoms with Crippen molar-refractivity contribution in [2.24, 2.45) is 0 Å². The zero-order chi connectivity index (χ0) is 16.6. The number of benzene rings is 1. The Morgan fingerprint density at radius 2 is 1.96 bits per heavy atom. The van der Waals surface area contributed by atoms with E-state index in [-0.39, 0.29) is 17.4 Å². The van der Waals surface area contributed by atoms with Gasteiger partial charge in [0.2, 0.25) is 0 Å². The molecule has 4 nitrogen and oxygen atoms in total. The maximum Gasteiger partial charge on any atom is 0.270 e. The van der Waals surface area contributed by atoms with Crippen molar-refractivity contribution in [3.63, 3.8) is 0 Å². The third-order valence-electron chi connectivity index (χ3n) is 4.04.